The first-order valence-corrected chi connectivity index (χ1v) is 6.44. The van der Waals surface area contributed by atoms with Gasteiger partial charge in [0, 0.05) is 45.2 Å². The molecule has 1 fully saturated rings. The quantitative estimate of drug-likeness (QED) is 0.759. The predicted molar refractivity (Wildman–Crippen MR) is 69.3 cm³/mol. The third-order valence-electron chi connectivity index (χ3n) is 3.29. The van der Waals surface area contributed by atoms with E-state index in [1.165, 1.54) is 0 Å². The molecule has 0 bridgehead atoms. The Hall–Kier alpha value is -1.36. The van der Waals surface area contributed by atoms with Gasteiger partial charge in [0.1, 0.15) is 0 Å². The molecule has 0 aliphatic carbocycles. The van der Waals surface area contributed by atoms with Crippen molar-refractivity contribution in [2.45, 2.75) is 26.7 Å². The normalized spacial score (nSPS) is 18.6. The summed E-state index contributed by atoms with van der Waals surface area (Å²) in [5, 5.41) is 8.93. The molecule has 102 valence electrons. The highest BCUT2D eigenvalue weighted by Crippen LogP contribution is 2.06. The lowest BCUT2D eigenvalue weighted by molar-refractivity contribution is -0.132. The van der Waals surface area contributed by atoms with Gasteiger partial charge in [-0.2, -0.15) is 0 Å². The number of hydrogen-bond donors (Lipinski definition) is 1. The fourth-order valence-corrected chi connectivity index (χ4v) is 2.09. The lowest BCUT2D eigenvalue weighted by atomic mass is 10.2. The van der Waals surface area contributed by atoms with E-state index in [1.54, 1.807) is 13.0 Å². The molecule has 1 aliphatic heterocycles. The van der Waals surface area contributed by atoms with Crippen molar-refractivity contribution in [2.75, 3.05) is 32.7 Å². The highest BCUT2D eigenvalue weighted by molar-refractivity contribution is 5.86. The van der Waals surface area contributed by atoms with Gasteiger partial charge in [-0.1, -0.05) is 13.0 Å². The van der Waals surface area contributed by atoms with Crippen LogP contribution in [-0.4, -0.2) is 59.5 Å². The van der Waals surface area contributed by atoms with E-state index in [0.717, 1.165) is 32.6 Å². The minimum absolute atomic E-state index is 0.118. The van der Waals surface area contributed by atoms with Crippen LogP contribution in [0.5, 0.6) is 0 Å². The number of carboxylic acid groups (broad SMARTS) is 1. The lowest BCUT2D eigenvalue weighted by Crippen LogP contribution is -2.33. The number of carboxylic acids is 1. The van der Waals surface area contributed by atoms with Crippen molar-refractivity contribution in [3.63, 3.8) is 0 Å². The Bertz CT molecular complexity index is 339. The largest absolute Gasteiger partial charge is 0.478 e. The third kappa shape index (κ3) is 4.49. The molecule has 1 aliphatic rings. The van der Waals surface area contributed by atoms with Crippen LogP contribution in [0.2, 0.25) is 0 Å². The molecule has 18 heavy (non-hydrogen) atoms. The van der Waals surface area contributed by atoms with Gasteiger partial charge >= 0.3 is 5.97 Å². The molecule has 0 atom stereocenters. The van der Waals surface area contributed by atoms with E-state index in [2.05, 4.69) is 4.90 Å². The van der Waals surface area contributed by atoms with E-state index in [1.807, 2.05) is 11.8 Å². The number of rotatable bonds is 4. The van der Waals surface area contributed by atoms with Gasteiger partial charge in [-0.15, -0.1) is 0 Å². The molecule has 5 nitrogen and oxygen atoms in total. The SMILES string of the molecule is CCC(=CCN1CCCN(C(C)=O)CC1)C(=O)O. The van der Waals surface area contributed by atoms with Crippen LogP contribution < -0.4 is 0 Å². The van der Waals surface area contributed by atoms with E-state index in [4.69, 9.17) is 5.11 Å². The summed E-state index contributed by atoms with van der Waals surface area (Å²) in [5.74, 6) is -0.718. The second-order valence-corrected chi connectivity index (χ2v) is 4.55. The summed E-state index contributed by atoms with van der Waals surface area (Å²) >= 11 is 0. The van der Waals surface area contributed by atoms with Crippen molar-refractivity contribution in [1.82, 2.24) is 9.80 Å². The molecular weight excluding hydrogens is 232 g/mol. The lowest BCUT2D eigenvalue weighted by Gasteiger charge is -2.19. The minimum Gasteiger partial charge on any atom is -0.478 e. The van der Waals surface area contributed by atoms with Gasteiger partial charge < -0.3 is 10.0 Å². The van der Waals surface area contributed by atoms with Crippen molar-refractivity contribution in [3.8, 4) is 0 Å². The van der Waals surface area contributed by atoms with Crippen LogP contribution in [0.25, 0.3) is 0 Å². The van der Waals surface area contributed by atoms with Crippen molar-refractivity contribution in [2.24, 2.45) is 0 Å². The van der Waals surface area contributed by atoms with Crippen LogP contribution in [0.1, 0.15) is 26.7 Å². The zero-order chi connectivity index (χ0) is 13.5. The van der Waals surface area contributed by atoms with Gasteiger partial charge in [0.15, 0.2) is 0 Å². The van der Waals surface area contributed by atoms with Gasteiger partial charge in [0.25, 0.3) is 0 Å². The molecule has 1 N–H and O–H groups in total. The summed E-state index contributed by atoms with van der Waals surface area (Å²) in [7, 11) is 0. The van der Waals surface area contributed by atoms with Crippen LogP contribution in [0.4, 0.5) is 0 Å². The fourth-order valence-electron chi connectivity index (χ4n) is 2.09. The first-order chi connectivity index (χ1) is 8.54. The average Bonchev–Trinajstić information content (AvgIpc) is 2.55. The van der Waals surface area contributed by atoms with E-state index in [9.17, 15) is 9.59 Å². The Morgan fingerprint density at radius 3 is 2.50 bits per heavy atom. The van der Waals surface area contributed by atoms with Gasteiger partial charge in [-0.25, -0.2) is 4.79 Å². The zero-order valence-electron chi connectivity index (χ0n) is 11.2. The van der Waals surface area contributed by atoms with E-state index >= 15 is 0 Å². The average molecular weight is 254 g/mol. The second kappa shape index (κ2) is 7.16. The Labute approximate surface area is 108 Å². The molecule has 5 heteroatoms. The summed E-state index contributed by atoms with van der Waals surface area (Å²) in [6, 6.07) is 0. The van der Waals surface area contributed by atoms with Gasteiger partial charge in [-0.05, 0) is 12.8 Å². The van der Waals surface area contributed by atoms with Crippen LogP contribution >= 0.6 is 0 Å². The molecule has 1 rings (SSSR count). The highest BCUT2D eigenvalue weighted by Gasteiger charge is 2.16. The minimum atomic E-state index is -0.835. The first kappa shape index (κ1) is 14.7. The van der Waals surface area contributed by atoms with Gasteiger partial charge in [0.05, 0.1) is 0 Å². The molecule has 0 aromatic rings. The number of amides is 1. The van der Waals surface area contributed by atoms with Crippen molar-refractivity contribution < 1.29 is 14.7 Å². The second-order valence-electron chi connectivity index (χ2n) is 4.55. The van der Waals surface area contributed by atoms with Gasteiger partial charge in [0.2, 0.25) is 5.91 Å². The number of aliphatic carboxylic acids is 1. The zero-order valence-corrected chi connectivity index (χ0v) is 11.2. The number of nitrogens with zero attached hydrogens (tertiary/aromatic N) is 2. The van der Waals surface area contributed by atoms with Crippen LogP contribution in [0, 0.1) is 0 Å². The molecule has 0 aromatic carbocycles. The summed E-state index contributed by atoms with van der Waals surface area (Å²) in [4.78, 5) is 26.2. The summed E-state index contributed by atoms with van der Waals surface area (Å²) in [6.45, 7) is 7.35. The summed E-state index contributed by atoms with van der Waals surface area (Å²) < 4.78 is 0. The highest BCUT2D eigenvalue weighted by atomic mass is 16.4. The monoisotopic (exact) mass is 254 g/mol. The van der Waals surface area contributed by atoms with E-state index < -0.39 is 5.97 Å². The van der Waals surface area contributed by atoms with E-state index in [-0.39, 0.29) is 5.91 Å². The molecule has 0 aromatic heterocycles. The molecule has 1 heterocycles. The smallest absolute Gasteiger partial charge is 0.331 e. The molecule has 1 saturated heterocycles. The Balaban J connectivity index is 2.49. The maximum atomic E-state index is 11.3. The molecule has 0 saturated carbocycles. The maximum Gasteiger partial charge on any atom is 0.331 e. The predicted octanol–water partition coefficient (Wildman–Crippen LogP) is 0.962. The topological polar surface area (TPSA) is 60.9 Å². The first-order valence-electron chi connectivity index (χ1n) is 6.44. The number of carbonyl (C=O) groups is 2. The van der Waals surface area contributed by atoms with Crippen molar-refractivity contribution in [1.29, 1.82) is 0 Å². The molecule has 0 spiro atoms. The Morgan fingerprint density at radius 1 is 1.22 bits per heavy atom. The standard InChI is InChI=1S/C13H22N2O3/c1-3-12(13(17)18)5-8-14-6-4-7-15(10-9-14)11(2)16/h5H,3-4,6-10H2,1-2H3,(H,17,18). The maximum absolute atomic E-state index is 11.3. The van der Waals surface area contributed by atoms with Gasteiger partial charge in [-0.3, -0.25) is 9.69 Å². The summed E-state index contributed by atoms with van der Waals surface area (Å²) in [5.41, 5.74) is 0.461. The number of carbonyl (C=O) groups excluding carboxylic acids is 1. The van der Waals surface area contributed by atoms with Crippen LogP contribution in [0.3, 0.4) is 0 Å². The number of hydrogen-bond acceptors (Lipinski definition) is 3. The van der Waals surface area contributed by atoms with Crippen molar-refractivity contribution >= 4 is 11.9 Å². The molecule has 0 radical (unpaired) electrons. The van der Waals surface area contributed by atoms with E-state index in [0.29, 0.717) is 18.5 Å². The Morgan fingerprint density at radius 2 is 1.94 bits per heavy atom. The molecule has 1 amide bonds. The van der Waals surface area contributed by atoms with Crippen LogP contribution in [0.15, 0.2) is 11.6 Å². The van der Waals surface area contributed by atoms with Crippen LogP contribution in [-0.2, 0) is 9.59 Å². The third-order valence-corrected chi connectivity index (χ3v) is 3.29. The fraction of sp³-hybridized carbons (Fsp3) is 0.692. The Kier molecular flexibility index (Phi) is 5.85. The summed E-state index contributed by atoms with van der Waals surface area (Å²) in [6.07, 6.45) is 3.27. The molecule has 0 unspecified atom stereocenters. The molecular formula is C13H22N2O3. The van der Waals surface area contributed by atoms with Crippen molar-refractivity contribution in [3.05, 3.63) is 11.6 Å².